The van der Waals surface area contributed by atoms with E-state index in [4.69, 9.17) is 14.2 Å². The molecule has 0 spiro atoms. The van der Waals surface area contributed by atoms with Crippen molar-refractivity contribution in [2.45, 2.75) is 83.2 Å². The zero-order valence-electron chi connectivity index (χ0n) is 30.8. The first kappa shape index (κ1) is 38.5. The summed E-state index contributed by atoms with van der Waals surface area (Å²) in [5, 5.41) is 11.0. The average molecular weight is 728 g/mol. The molecule has 2 aromatic carbocycles. The lowest BCUT2D eigenvalue weighted by molar-refractivity contribution is -0.106. The number of amides is 2. The predicted octanol–water partition coefficient (Wildman–Crippen LogP) is 5.35. The van der Waals surface area contributed by atoms with E-state index in [-0.39, 0.29) is 18.2 Å². The first-order chi connectivity index (χ1) is 24.2. The Kier molecular flexibility index (Phi) is 12.0. The number of carbonyl (C=O) groups is 2. The Hall–Kier alpha value is -3.69. The molecule has 1 aliphatic carbocycles. The number of para-hydroxylation sites is 1. The molecule has 280 valence electrons. The van der Waals surface area contributed by atoms with Crippen LogP contribution in [0.1, 0.15) is 74.7 Å². The standard InChI is InChI=1S/C37H53N5O8S/c1-37(2,3)42(36(44)45)20-19-39(4)27-22-41-30-21-26(35(43)38-51(46,47)40(5)23-32(48-6)49-7)17-18-28(30)33(25-13-9-8-10-14-25)34(41)29-15-11-12-16-31(29)50-24-27/h11-12,15-18,21,25,27,32H,8-10,13-14,19-20,22-24H2,1-7H3,(H,38,43)(H,44,45)/t27-/m1/s1. The maximum Gasteiger partial charge on any atom is 0.407 e. The van der Waals surface area contributed by atoms with Crippen LogP contribution in [-0.4, -0.2) is 117 Å². The molecule has 51 heavy (non-hydrogen) atoms. The number of hydrogen-bond donors (Lipinski definition) is 2. The van der Waals surface area contributed by atoms with E-state index < -0.39 is 34.0 Å². The summed E-state index contributed by atoms with van der Waals surface area (Å²) in [4.78, 5) is 29.3. The van der Waals surface area contributed by atoms with Crippen molar-refractivity contribution < 1.29 is 37.3 Å². The molecule has 1 fully saturated rings. The Morgan fingerprint density at radius 3 is 2.37 bits per heavy atom. The molecule has 2 amide bonds. The topological polar surface area (TPSA) is 143 Å². The summed E-state index contributed by atoms with van der Waals surface area (Å²) in [5.41, 5.74) is 3.72. The Bertz CT molecular complexity index is 1810. The minimum absolute atomic E-state index is 0.109. The number of aromatic nitrogens is 1. The van der Waals surface area contributed by atoms with Crippen molar-refractivity contribution in [1.29, 1.82) is 0 Å². The van der Waals surface area contributed by atoms with Gasteiger partial charge in [0.25, 0.3) is 5.91 Å². The maximum atomic E-state index is 13.6. The Labute approximate surface area is 301 Å². The predicted molar refractivity (Wildman–Crippen MR) is 196 cm³/mol. The van der Waals surface area contributed by atoms with Crippen LogP contribution in [0.5, 0.6) is 5.75 Å². The lowest BCUT2D eigenvalue weighted by Crippen LogP contribution is -2.50. The molecular weight excluding hydrogens is 675 g/mol. The van der Waals surface area contributed by atoms with E-state index in [1.807, 2.05) is 52.1 Å². The van der Waals surface area contributed by atoms with Gasteiger partial charge in [-0.1, -0.05) is 37.5 Å². The number of hydrogen-bond acceptors (Lipinski definition) is 8. The summed E-state index contributed by atoms with van der Waals surface area (Å²) in [6.07, 6.45) is 3.79. The van der Waals surface area contributed by atoms with Gasteiger partial charge >= 0.3 is 16.3 Å². The van der Waals surface area contributed by atoms with Crippen LogP contribution in [0.3, 0.4) is 0 Å². The van der Waals surface area contributed by atoms with Crippen molar-refractivity contribution in [2.24, 2.45) is 0 Å². The molecule has 3 aromatic rings. The fourth-order valence-corrected chi connectivity index (χ4v) is 8.10. The van der Waals surface area contributed by atoms with E-state index >= 15 is 0 Å². The number of nitrogens with one attached hydrogen (secondary N) is 1. The Morgan fingerprint density at radius 1 is 1.04 bits per heavy atom. The van der Waals surface area contributed by atoms with Crippen LogP contribution >= 0.6 is 0 Å². The molecule has 0 radical (unpaired) electrons. The minimum atomic E-state index is -4.21. The van der Waals surface area contributed by atoms with Gasteiger partial charge in [0, 0.05) is 68.5 Å². The second-order valence-electron chi connectivity index (χ2n) is 14.6. The molecule has 5 rings (SSSR count). The van der Waals surface area contributed by atoms with Crippen LogP contribution < -0.4 is 9.46 Å². The largest absolute Gasteiger partial charge is 0.491 e. The molecule has 1 aliphatic heterocycles. The second-order valence-corrected chi connectivity index (χ2v) is 16.4. The highest BCUT2D eigenvalue weighted by Gasteiger charge is 2.33. The fraction of sp³-hybridized carbons (Fsp3) is 0.568. The van der Waals surface area contributed by atoms with Gasteiger partial charge in [0.2, 0.25) is 0 Å². The summed E-state index contributed by atoms with van der Waals surface area (Å²) in [7, 11) is 1.95. The first-order valence-electron chi connectivity index (χ1n) is 17.6. The minimum Gasteiger partial charge on any atom is -0.491 e. The number of benzene rings is 2. The zero-order valence-corrected chi connectivity index (χ0v) is 31.7. The zero-order chi connectivity index (χ0) is 37.1. The van der Waals surface area contributed by atoms with Gasteiger partial charge in [0.15, 0.2) is 6.29 Å². The third-order valence-electron chi connectivity index (χ3n) is 10.3. The molecule has 0 saturated heterocycles. The highest BCUT2D eigenvalue weighted by Crippen LogP contribution is 2.47. The average Bonchev–Trinajstić information content (AvgIpc) is 3.39. The summed E-state index contributed by atoms with van der Waals surface area (Å²) in [5.74, 6) is 0.320. The fourth-order valence-electron chi connectivity index (χ4n) is 7.27. The summed E-state index contributed by atoms with van der Waals surface area (Å²) in [6, 6.07) is 13.3. The highest BCUT2D eigenvalue weighted by molar-refractivity contribution is 7.87. The number of carboxylic acid groups (broad SMARTS) is 1. The van der Waals surface area contributed by atoms with E-state index in [2.05, 4.69) is 20.3 Å². The van der Waals surface area contributed by atoms with Gasteiger partial charge in [-0.2, -0.15) is 12.7 Å². The van der Waals surface area contributed by atoms with E-state index in [0.29, 0.717) is 32.2 Å². The number of carbonyl (C=O) groups excluding carboxylic acids is 1. The normalized spacial score (nSPS) is 17.2. The molecule has 2 N–H and O–H groups in total. The van der Waals surface area contributed by atoms with Crippen molar-refractivity contribution in [3.63, 3.8) is 0 Å². The molecular formula is C37H53N5O8S. The lowest BCUT2D eigenvalue weighted by Gasteiger charge is -2.37. The van der Waals surface area contributed by atoms with Crippen LogP contribution in [0.15, 0.2) is 42.5 Å². The quantitative estimate of drug-likeness (QED) is 0.236. The van der Waals surface area contributed by atoms with Gasteiger partial charge in [-0.15, -0.1) is 0 Å². The van der Waals surface area contributed by atoms with E-state index in [0.717, 1.165) is 57.9 Å². The van der Waals surface area contributed by atoms with Gasteiger partial charge < -0.3 is 28.8 Å². The molecule has 13 nitrogen and oxygen atoms in total. The van der Waals surface area contributed by atoms with Gasteiger partial charge in [-0.25, -0.2) is 9.52 Å². The van der Waals surface area contributed by atoms with Crippen LogP contribution in [0.4, 0.5) is 4.79 Å². The summed E-state index contributed by atoms with van der Waals surface area (Å²) < 4.78 is 48.6. The Balaban J connectivity index is 1.58. The van der Waals surface area contributed by atoms with Crippen molar-refractivity contribution in [3.8, 4) is 17.0 Å². The van der Waals surface area contributed by atoms with Crippen LogP contribution in [0.2, 0.25) is 0 Å². The highest BCUT2D eigenvalue weighted by atomic mass is 32.2. The molecule has 2 aliphatic rings. The van der Waals surface area contributed by atoms with Gasteiger partial charge in [0.05, 0.1) is 18.3 Å². The van der Waals surface area contributed by atoms with Crippen LogP contribution in [0.25, 0.3) is 22.2 Å². The Morgan fingerprint density at radius 2 is 1.73 bits per heavy atom. The van der Waals surface area contributed by atoms with Crippen LogP contribution in [0, 0.1) is 0 Å². The first-order valence-corrected chi connectivity index (χ1v) is 19.0. The molecule has 1 atom stereocenters. The van der Waals surface area contributed by atoms with Crippen molar-refractivity contribution in [2.75, 3.05) is 54.6 Å². The number of methoxy groups -OCH3 is 2. The number of nitrogens with zero attached hydrogens (tertiary/aromatic N) is 4. The maximum absolute atomic E-state index is 13.6. The van der Waals surface area contributed by atoms with Gasteiger partial charge in [-0.05, 0) is 76.4 Å². The van der Waals surface area contributed by atoms with Crippen molar-refractivity contribution >= 4 is 33.1 Å². The van der Waals surface area contributed by atoms with E-state index in [1.165, 1.54) is 38.2 Å². The number of fused-ring (bicyclic) bond motifs is 5. The van der Waals surface area contributed by atoms with Crippen molar-refractivity contribution in [3.05, 3.63) is 53.6 Å². The SMILES string of the molecule is COC(CN(C)S(=O)(=O)NC(=O)c1ccc2c(C3CCCCC3)c3n(c2c1)C[C@@H](N(C)CCN(C(=O)O)C(C)(C)C)COc1ccccc1-3)OC. The smallest absolute Gasteiger partial charge is 0.407 e. The van der Waals surface area contributed by atoms with Gasteiger partial charge in [-0.3, -0.25) is 9.69 Å². The van der Waals surface area contributed by atoms with Gasteiger partial charge in [0.1, 0.15) is 12.4 Å². The number of likely N-dealkylation sites (N-methyl/N-ethyl adjacent to an activating group) is 2. The van der Waals surface area contributed by atoms with E-state index in [1.54, 1.807) is 12.1 Å². The third-order valence-corrected chi connectivity index (χ3v) is 11.7. The molecule has 1 saturated carbocycles. The molecule has 14 heteroatoms. The molecule has 2 heterocycles. The second kappa shape index (κ2) is 15.9. The van der Waals surface area contributed by atoms with Crippen LogP contribution in [-0.2, 0) is 26.2 Å². The van der Waals surface area contributed by atoms with Crippen molar-refractivity contribution in [1.82, 2.24) is 23.4 Å². The molecule has 0 unspecified atom stereocenters. The van der Waals surface area contributed by atoms with E-state index in [9.17, 15) is 23.1 Å². The number of ether oxygens (including phenoxy) is 3. The summed E-state index contributed by atoms with van der Waals surface area (Å²) >= 11 is 0. The molecule has 0 bridgehead atoms. The third kappa shape index (κ3) is 8.52. The summed E-state index contributed by atoms with van der Waals surface area (Å²) in [6.45, 7) is 7.21. The number of rotatable bonds is 12. The monoisotopic (exact) mass is 727 g/mol. The molecule has 1 aromatic heterocycles. The lowest BCUT2D eigenvalue weighted by atomic mass is 9.81.